The maximum Gasteiger partial charge on any atom is 0.254 e. The van der Waals surface area contributed by atoms with E-state index in [4.69, 9.17) is 4.74 Å². The summed E-state index contributed by atoms with van der Waals surface area (Å²) in [5, 5.41) is 3.37. The van der Waals surface area contributed by atoms with Crippen LogP contribution in [0.15, 0.2) is 24.3 Å². The van der Waals surface area contributed by atoms with Crippen LogP contribution in [-0.2, 0) is 0 Å². The molecule has 0 bridgehead atoms. The summed E-state index contributed by atoms with van der Waals surface area (Å²) in [6.45, 7) is 5.81. The molecule has 1 aromatic carbocycles. The lowest BCUT2D eigenvalue weighted by Crippen LogP contribution is -2.57. The maximum atomic E-state index is 12.4. The van der Waals surface area contributed by atoms with Crippen molar-refractivity contribution >= 4 is 18.3 Å². The second kappa shape index (κ2) is 6.78. The number of methoxy groups -OCH3 is 1. The lowest BCUT2D eigenvalue weighted by atomic mass is 10.1. The van der Waals surface area contributed by atoms with E-state index in [0.29, 0.717) is 6.04 Å². The molecule has 0 saturated carbocycles. The molecular weight excluding hydrogens is 264 g/mol. The fraction of sp³-hybridized carbons (Fsp3) is 0.500. The first kappa shape index (κ1) is 15.8. The van der Waals surface area contributed by atoms with Crippen LogP contribution < -0.4 is 10.1 Å². The fourth-order valence-corrected chi connectivity index (χ4v) is 2.24. The first-order valence-corrected chi connectivity index (χ1v) is 6.32. The zero-order valence-electron chi connectivity index (χ0n) is 11.6. The highest BCUT2D eigenvalue weighted by molar-refractivity contribution is 5.94. The molecule has 5 heteroatoms. The van der Waals surface area contributed by atoms with Crippen molar-refractivity contribution in [3.05, 3.63) is 29.8 Å². The van der Waals surface area contributed by atoms with Crippen molar-refractivity contribution in [3.63, 3.8) is 0 Å². The Hall–Kier alpha value is -1.26. The molecule has 4 nitrogen and oxygen atoms in total. The molecule has 1 aromatic rings. The number of piperazine rings is 1. The summed E-state index contributed by atoms with van der Waals surface area (Å²) in [7, 11) is 1.62. The number of nitrogens with one attached hydrogen (secondary N) is 1. The van der Waals surface area contributed by atoms with Crippen LogP contribution in [-0.4, -0.2) is 43.1 Å². The lowest BCUT2D eigenvalue weighted by Gasteiger charge is -2.38. The Bertz CT molecular complexity index is 422. The number of hydrogen-bond donors (Lipinski definition) is 1. The molecule has 0 spiro atoms. The summed E-state index contributed by atoms with van der Waals surface area (Å²) in [5.41, 5.74) is 0.719. The van der Waals surface area contributed by atoms with Gasteiger partial charge in [-0.3, -0.25) is 4.79 Å². The number of carbonyl (C=O) groups excluding carboxylic acids is 1. The number of rotatable bonds is 2. The molecule has 1 amide bonds. The molecule has 0 aliphatic carbocycles. The predicted octanol–water partition coefficient (Wildman–Crippen LogP) is 1.94. The smallest absolute Gasteiger partial charge is 0.254 e. The van der Waals surface area contributed by atoms with Crippen molar-refractivity contribution in [1.82, 2.24) is 10.2 Å². The van der Waals surface area contributed by atoms with Gasteiger partial charge in [-0.25, -0.2) is 0 Å². The van der Waals surface area contributed by atoms with Crippen LogP contribution in [0.3, 0.4) is 0 Å². The van der Waals surface area contributed by atoms with Gasteiger partial charge in [0, 0.05) is 30.7 Å². The molecule has 0 aromatic heterocycles. The largest absolute Gasteiger partial charge is 0.497 e. The molecule has 1 heterocycles. The van der Waals surface area contributed by atoms with Crippen LogP contribution in [0.4, 0.5) is 0 Å². The normalized spacial score (nSPS) is 22.6. The van der Waals surface area contributed by atoms with Gasteiger partial charge in [0.1, 0.15) is 5.75 Å². The molecule has 1 saturated heterocycles. The van der Waals surface area contributed by atoms with Crippen LogP contribution in [0.5, 0.6) is 5.75 Å². The number of nitrogens with zero attached hydrogens (tertiary/aromatic N) is 1. The van der Waals surface area contributed by atoms with Gasteiger partial charge in [-0.05, 0) is 38.1 Å². The van der Waals surface area contributed by atoms with E-state index in [-0.39, 0.29) is 24.4 Å². The van der Waals surface area contributed by atoms with Crippen LogP contribution in [0.1, 0.15) is 24.2 Å². The van der Waals surface area contributed by atoms with Crippen LogP contribution in [0, 0.1) is 0 Å². The standard InChI is InChI=1S/C14H20N2O2.ClH/c1-10-11(2)16(9-8-15-10)14(17)12-4-6-13(18-3)7-5-12;/h4-7,10-11,15H,8-9H2,1-3H3;1H. The van der Waals surface area contributed by atoms with E-state index in [1.54, 1.807) is 7.11 Å². The molecule has 1 N–H and O–H groups in total. The van der Waals surface area contributed by atoms with Crippen molar-refractivity contribution in [2.45, 2.75) is 25.9 Å². The van der Waals surface area contributed by atoms with E-state index in [9.17, 15) is 4.79 Å². The summed E-state index contributed by atoms with van der Waals surface area (Å²) >= 11 is 0. The molecule has 106 valence electrons. The van der Waals surface area contributed by atoms with E-state index in [1.807, 2.05) is 29.2 Å². The average molecular weight is 285 g/mol. The molecule has 2 rings (SSSR count). The van der Waals surface area contributed by atoms with Crippen molar-refractivity contribution < 1.29 is 9.53 Å². The second-order valence-electron chi connectivity index (χ2n) is 4.71. The van der Waals surface area contributed by atoms with Gasteiger partial charge in [-0.2, -0.15) is 0 Å². The quantitative estimate of drug-likeness (QED) is 0.902. The monoisotopic (exact) mass is 284 g/mol. The van der Waals surface area contributed by atoms with Crippen LogP contribution >= 0.6 is 12.4 Å². The van der Waals surface area contributed by atoms with Gasteiger partial charge in [0.25, 0.3) is 5.91 Å². The SMILES string of the molecule is COc1ccc(C(=O)N2CCNC(C)C2C)cc1.Cl. The van der Waals surface area contributed by atoms with Gasteiger partial charge in [0.05, 0.1) is 7.11 Å². The van der Waals surface area contributed by atoms with E-state index in [0.717, 1.165) is 24.4 Å². The minimum atomic E-state index is 0. The molecule has 1 aliphatic rings. The Kier molecular flexibility index (Phi) is 5.63. The van der Waals surface area contributed by atoms with E-state index < -0.39 is 0 Å². The third kappa shape index (κ3) is 3.39. The van der Waals surface area contributed by atoms with Crippen LogP contribution in [0.25, 0.3) is 0 Å². The van der Waals surface area contributed by atoms with Crippen molar-refractivity contribution in [2.75, 3.05) is 20.2 Å². The number of benzene rings is 1. The zero-order valence-corrected chi connectivity index (χ0v) is 12.4. The summed E-state index contributed by atoms with van der Waals surface area (Å²) in [6.07, 6.45) is 0. The van der Waals surface area contributed by atoms with Gasteiger partial charge in [-0.1, -0.05) is 0 Å². The van der Waals surface area contributed by atoms with Gasteiger partial charge >= 0.3 is 0 Å². The molecule has 19 heavy (non-hydrogen) atoms. The van der Waals surface area contributed by atoms with Gasteiger partial charge in [-0.15, -0.1) is 12.4 Å². The third-order valence-corrected chi connectivity index (χ3v) is 3.63. The second-order valence-corrected chi connectivity index (χ2v) is 4.71. The molecular formula is C14H21ClN2O2. The Morgan fingerprint density at radius 1 is 1.32 bits per heavy atom. The van der Waals surface area contributed by atoms with E-state index >= 15 is 0 Å². The van der Waals surface area contributed by atoms with Gasteiger partial charge in [0.15, 0.2) is 0 Å². The Balaban J connectivity index is 0.00000180. The lowest BCUT2D eigenvalue weighted by molar-refractivity contribution is 0.0603. The maximum absolute atomic E-state index is 12.4. The molecule has 2 atom stereocenters. The number of amides is 1. The van der Waals surface area contributed by atoms with Crippen molar-refractivity contribution in [2.24, 2.45) is 0 Å². The minimum absolute atomic E-state index is 0. The van der Waals surface area contributed by atoms with Crippen molar-refractivity contribution in [1.29, 1.82) is 0 Å². The first-order valence-electron chi connectivity index (χ1n) is 6.32. The summed E-state index contributed by atoms with van der Waals surface area (Å²) in [6, 6.07) is 7.84. The average Bonchev–Trinajstić information content (AvgIpc) is 2.41. The topological polar surface area (TPSA) is 41.6 Å². The Morgan fingerprint density at radius 3 is 2.53 bits per heavy atom. The van der Waals surface area contributed by atoms with Crippen molar-refractivity contribution in [3.8, 4) is 5.75 Å². The highest BCUT2D eigenvalue weighted by atomic mass is 35.5. The summed E-state index contributed by atoms with van der Waals surface area (Å²) in [4.78, 5) is 14.3. The van der Waals surface area contributed by atoms with Gasteiger partial charge < -0.3 is 15.0 Å². The number of hydrogen-bond acceptors (Lipinski definition) is 3. The van der Waals surface area contributed by atoms with Crippen LogP contribution in [0.2, 0.25) is 0 Å². The van der Waals surface area contributed by atoms with E-state index in [1.165, 1.54) is 0 Å². The third-order valence-electron chi connectivity index (χ3n) is 3.63. The predicted molar refractivity (Wildman–Crippen MR) is 78.2 cm³/mol. The van der Waals surface area contributed by atoms with Gasteiger partial charge in [0.2, 0.25) is 0 Å². The molecule has 1 aliphatic heterocycles. The van der Waals surface area contributed by atoms with E-state index in [2.05, 4.69) is 19.2 Å². The number of carbonyl (C=O) groups is 1. The number of halogens is 1. The zero-order chi connectivity index (χ0) is 13.1. The highest BCUT2D eigenvalue weighted by Crippen LogP contribution is 2.16. The molecule has 2 unspecified atom stereocenters. The highest BCUT2D eigenvalue weighted by Gasteiger charge is 2.28. The molecule has 1 fully saturated rings. The summed E-state index contributed by atoms with van der Waals surface area (Å²) in [5.74, 6) is 0.867. The number of ether oxygens (including phenoxy) is 1. The first-order chi connectivity index (χ1) is 8.63. The Labute approximate surface area is 120 Å². The molecule has 0 radical (unpaired) electrons. The minimum Gasteiger partial charge on any atom is -0.497 e. The fourth-order valence-electron chi connectivity index (χ4n) is 2.24. The summed E-state index contributed by atoms with van der Waals surface area (Å²) < 4.78 is 5.10. The Morgan fingerprint density at radius 2 is 1.95 bits per heavy atom.